The monoisotopic (exact) mass is 337 g/mol. The van der Waals surface area contributed by atoms with Gasteiger partial charge in [0.05, 0.1) is 12.6 Å². The quantitative estimate of drug-likeness (QED) is 0.903. The van der Waals surface area contributed by atoms with Crippen LogP contribution in [0.2, 0.25) is 0 Å². The van der Waals surface area contributed by atoms with Gasteiger partial charge >= 0.3 is 0 Å². The zero-order chi connectivity index (χ0) is 13.4. The second kappa shape index (κ2) is 5.27. The molecule has 0 bridgehead atoms. The van der Waals surface area contributed by atoms with E-state index in [1.807, 2.05) is 24.5 Å². The molecule has 2 atom stereocenters. The van der Waals surface area contributed by atoms with Gasteiger partial charge in [0.1, 0.15) is 5.75 Å². The lowest BCUT2D eigenvalue weighted by atomic mass is 9.92. The molecule has 1 aliphatic heterocycles. The Hall–Kier alpha value is -0.840. The van der Waals surface area contributed by atoms with Gasteiger partial charge in [-0.15, -0.1) is 11.3 Å². The van der Waals surface area contributed by atoms with Crippen LogP contribution in [0.5, 0.6) is 5.75 Å². The second-order valence-corrected chi connectivity index (χ2v) is 6.92. The third-order valence-electron chi connectivity index (χ3n) is 3.63. The summed E-state index contributed by atoms with van der Waals surface area (Å²) in [6, 6.07) is 10.9. The Morgan fingerprint density at radius 2 is 2.21 bits per heavy atom. The van der Waals surface area contributed by atoms with E-state index in [1.54, 1.807) is 0 Å². The number of nitrogens with one attached hydrogen (secondary N) is 1. The van der Waals surface area contributed by atoms with Crippen molar-refractivity contribution in [1.82, 2.24) is 5.32 Å². The van der Waals surface area contributed by atoms with E-state index in [-0.39, 0.29) is 0 Å². The van der Waals surface area contributed by atoms with Crippen LogP contribution >= 0.6 is 27.3 Å². The Bertz CT molecular complexity index is 576. The number of benzene rings is 1. The van der Waals surface area contributed by atoms with Gasteiger partial charge in [-0.1, -0.05) is 18.2 Å². The van der Waals surface area contributed by atoms with Crippen LogP contribution in [0.15, 0.2) is 34.8 Å². The topological polar surface area (TPSA) is 21.3 Å². The molecule has 3 rings (SSSR count). The van der Waals surface area contributed by atoms with Crippen molar-refractivity contribution in [3.8, 4) is 5.75 Å². The number of hydrogen-bond donors (Lipinski definition) is 1. The zero-order valence-corrected chi connectivity index (χ0v) is 13.3. The molecule has 100 valence electrons. The fraction of sp³-hybridized carbons (Fsp3) is 0.333. The summed E-state index contributed by atoms with van der Waals surface area (Å²) >= 11 is 5.45. The van der Waals surface area contributed by atoms with Crippen LogP contribution in [0.25, 0.3) is 0 Å². The van der Waals surface area contributed by atoms with E-state index in [9.17, 15) is 0 Å². The predicted octanol–water partition coefficient (Wildman–Crippen LogP) is 4.26. The number of para-hydroxylation sites is 1. The molecule has 0 spiro atoms. The lowest BCUT2D eigenvalue weighted by molar-refractivity contribution is 0.305. The molecule has 2 nitrogen and oxygen atoms in total. The maximum absolute atomic E-state index is 5.81. The minimum Gasteiger partial charge on any atom is -0.493 e. The summed E-state index contributed by atoms with van der Waals surface area (Å²) in [6.07, 6.45) is 0. The van der Waals surface area contributed by atoms with Crippen LogP contribution in [0.1, 0.15) is 27.3 Å². The van der Waals surface area contributed by atoms with Crippen molar-refractivity contribution in [1.29, 1.82) is 0 Å². The highest BCUT2D eigenvalue weighted by atomic mass is 79.9. The number of aryl methyl sites for hydroxylation is 1. The Morgan fingerprint density at radius 3 is 2.89 bits per heavy atom. The first kappa shape index (κ1) is 13.2. The molecule has 2 unspecified atom stereocenters. The van der Waals surface area contributed by atoms with E-state index in [4.69, 9.17) is 4.74 Å². The molecule has 0 fully saturated rings. The number of rotatable bonds is 3. The van der Waals surface area contributed by atoms with Gasteiger partial charge < -0.3 is 10.1 Å². The molecule has 0 radical (unpaired) electrons. The Balaban J connectivity index is 1.96. The zero-order valence-electron chi connectivity index (χ0n) is 10.9. The van der Waals surface area contributed by atoms with Crippen LogP contribution in [-0.2, 0) is 0 Å². The fourth-order valence-electron chi connectivity index (χ4n) is 2.64. The molecule has 1 N–H and O–H groups in total. The van der Waals surface area contributed by atoms with Crippen molar-refractivity contribution in [3.05, 3.63) is 50.1 Å². The van der Waals surface area contributed by atoms with E-state index in [0.29, 0.717) is 12.0 Å². The van der Waals surface area contributed by atoms with E-state index in [2.05, 4.69) is 52.4 Å². The minimum atomic E-state index is 0.304. The third-order valence-corrected chi connectivity index (χ3v) is 5.85. The first-order valence-electron chi connectivity index (χ1n) is 6.35. The van der Waals surface area contributed by atoms with Crippen LogP contribution in [0.4, 0.5) is 0 Å². The molecule has 1 aromatic heterocycles. The molecule has 0 saturated carbocycles. The Morgan fingerprint density at radius 1 is 1.42 bits per heavy atom. The highest BCUT2D eigenvalue weighted by Gasteiger charge is 2.32. The minimum absolute atomic E-state index is 0.304. The highest BCUT2D eigenvalue weighted by Crippen LogP contribution is 2.43. The number of halogens is 1. The SMILES string of the molecule is CNC(c1cc(Br)c(C)s1)C1COc2ccccc21. The normalized spacial score (nSPS) is 19.0. The average Bonchev–Trinajstić information content (AvgIpc) is 2.97. The summed E-state index contributed by atoms with van der Waals surface area (Å²) in [5, 5.41) is 3.45. The molecular formula is C15H16BrNOS. The van der Waals surface area contributed by atoms with Crippen LogP contribution < -0.4 is 10.1 Å². The first-order chi connectivity index (χ1) is 9.20. The molecule has 19 heavy (non-hydrogen) atoms. The van der Waals surface area contributed by atoms with Gasteiger partial charge in [0.2, 0.25) is 0 Å². The Kier molecular flexibility index (Phi) is 3.65. The van der Waals surface area contributed by atoms with Gasteiger partial charge in [-0.05, 0) is 42.0 Å². The molecule has 1 aromatic carbocycles. The summed E-state index contributed by atoms with van der Waals surface area (Å²) < 4.78 is 7.00. The van der Waals surface area contributed by atoms with Crippen LogP contribution in [0, 0.1) is 6.92 Å². The lowest BCUT2D eigenvalue weighted by Gasteiger charge is -2.21. The number of thiophene rings is 1. The van der Waals surface area contributed by atoms with Gasteiger partial charge in [-0.2, -0.15) is 0 Å². The summed E-state index contributed by atoms with van der Waals surface area (Å²) in [4.78, 5) is 2.68. The average molecular weight is 338 g/mol. The van der Waals surface area contributed by atoms with Crippen molar-refractivity contribution < 1.29 is 4.74 Å². The van der Waals surface area contributed by atoms with Crippen molar-refractivity contribution >= 4 is 27.3 Å². The Labute approximate surface area is 125 Å². The third kappa shape index (κ3) is 2.33. The summed E-state index contributed by atoms with van der Waals surface area (Å²) in [7, 11) is 2.02. The number of likely N-dealkylation sites (N-methyl/N-ethyl adjacent to an activating group) is 1. The maximum atomic E-state index is 5.81. The van der Waals surface area contributed by atoms with Crippen molar-refractivity contribution in [2.75, 3.05) is 13.7 Å². The number of hydrogen-bond acceptors (Lipinski definition) is 3. The van der Waals surface area contributed by atoms with Crippen LogP contribution in [-0.4, -0.2) is 13.7 Å². The second-order valence-electron chi connectivity index (χ2n) is 4.77. The smallest absolute Gasteiger partial charge is 0.122 e. The summed E-state index contributed by atoms with van der Waals surface area (Å²) in [6.45, 7) is 2.89. The number of fused-ring (bicyclic) bond motifs is 1. The van der Waals surface area contributed by atoms with Crippen LogP contribution in [0.3, 0.4) is 0 Å². The number of ether oxygens (including phenoxy) is 1. The van der Waals surface area contributed by atoms with E-state index in [0.717, 1.165) is 12.4 Å². The molecule has 0 amide bonds. The van der Waals surface area contributed by atoms with Gasteiger partial charge in [0.15, 0.2) is 0 Å². The van der Waals surface area contributed by atoms with Gasteiger partial charge in [-0.25, -0.2) is 0 Å². The molecule has 0 aliphatic carbocycles. The summed E-state index contributed by atoms with van der Waals surface area (Å²) in [5.41, 5.74) is 1.31. The van der Waals surface area contributed by atoms with Crippen molar-refractivity contribution in [2.45, 2.75) is 18.9 Å². The first-order valence-corrected chi connectivity index (χ1v) is 7.96. The van der Waals surface area contributed by atoms with E-state index < -0.39 is 0 Å². The van der Waals surface area contributed by atoms with E-state index in [1.165, 1.54) is 19.8 Å². The van der Waals surface area contributed by atoms with Crippen molar-refractivity contribution in [2.24, 2.45) is 0 Å². The molecule has 0 saturated heterocycles. The van der Waals surface area contributed by atoms with E-state index >= 15 is 0 Å². The van der Waals surface area contributed by atoms with Crippen molar-refractivity contribution in [3.63, 3.8) is 0 Å². The largest absolute Gasteiger partial charge is 0.493 e. The molecular weight excluding hydrogens is 322 g/mol. The molecule has 1 aliphatic rings. The van der Waals surface area contributed by atoms with Gasteiger partial charge in [0.25, 0.3) is 0 Å². The molecule has 2 heterocycles. The molecule has 4 heteroatoms. The van der Waals surface area contributed by atoms with Gasteiger partial charge in [-0.3, -0.25) is 0 Å². The maximum Gasteiger partial charge on any atom is 0.122 e. The summed E-state index contributed by atoms with van der Waals surface area (Å²) in [5.74, 6) is 1.41. The predicted molar refractivity (Wildman–Crippen MR) is 83.2 cm³/mol. The highest BCUT2D eigenvalue weighted by molar-refractivity contribution is 9.10. The lowest BCUT2D eigenvalue weighted by Crippen LogP contribution is -2.24. The van der Waals surface area contributed by atoms with Gasteiger partial charge in [0, 0.05) is 25.7 Å². The standard InChI is InChI=1S/C15H16BrNOS/c1-9-12(16)7-14(19-9)15(17-2)11-8-18-13-6-4-3-5-10(11)13/h3-7,11,15,17H,8H2,1-2H3. The molecule has 2 aromatic rings. The fourth-order valence-corrected chi connectivity index (χ4v) is 4.38.